The van der Waals surface area contributed by atoms with Gasteiger partial charge in [-0.1, -0.05) is 55.5 Å². The topological polar surface area (TPSA) is 87.7 Å². The summed E-state index contributed by atoms with van der Waals surface area (Å²) in [6, 6.07) is 15.9. The molecule has 0 saturated carbocycles. The van der Waals surface area contributed by atoms with Gasteiger partial charge >= 0.3 is 6.03 Å². The van der Waals surface area contributed by atoms with Crippen LogP contribution in [0, 0.1) is 0 Å². The van der Waals surface area contributed by atoms with Gasteiger partial charge in [-0.3, -0.25) is 15.0 Å². The van der Waals surface area contributed by atoms with Gasteiger partial charge in [-0.05, 0) is 37.0 Å². The van der Waals surface area contributed by atoms with Gasteiger partial charge in [-0.15, -0.1) is 0 Å². The van der Waals surface area contributed by atoms with E-state index in [1.54, 1.807) is 12.1 Å². The minimum absolute atomic E-state index is 0.117. The maximum absolute atomic E-state index is 13.0. The number of rotatable bonds is 8. The molecule has 2 aromatic carbocycles. The highest BCUT2D eigenvalue weighted by Crippen LogP contribution is 2.31. The van der Waals surface area contributed by atoms with E-state index in [-0.39, 0.29) is 6.42 Å². The molecule has 2 N–H and O–H groups in total. The Morgan fingerprint density at radius 3 is 2.45 bits per heavy atom. The van der Waals surface area contributed by atoms with Crippen molar-refractivity contribution < 1.29 is 19.1 Å². The number of urea groups is 1. The Bertz CT molecular complexity index is 900. The van der Waals surface area contributed by atoms with Crippen molar-refractivity contribution in [1.29, 1.82) is 0 Å². The Morgan fingerprint density at radius 1 is 1.07 bits per heavy atom. The molecule has 29 heavy (non-hydrogen) atoms. The van der Waals surface area contributed by atoms with Crippen LogP contribution in [0.25, 0.3) is 0 Å². The van der Waals surface area contributed by atoms with Crippen LogP contribution < -0.4 is 15.5 Å². The molecule has 0 unspecified atom stereocenters. The molecule has 1 saturated heterocycles. The van der Waals surface area contributed by atoms with Gasteiger partial charge in [-0.2, -0.15) is 5.01 Å². The molecule has 0 aromatic heterocycles. The van der Waals surface area contributed by atoms with Crippen molar-refractivity contribution >= 4 is 17.8 Å². The van der Waals surface area contributed by atoms with E-state index >= 15 is 0 Å². The number of hydrogen-bond donors (Lipinski definition) is 2. The van der Waals surface area contributed by atoms with E-state index in [2.05, 4.69) is 10.7 Å². The summed E-state index contributed by atoms with van der Waals surface area (Å²) in [5.74, 6) is -0.175. The smallest absolute Gasteiger partial charge is 0.344 e. The van der Waals surface area contributed by atoms with E-state index < -0.39 is 23.4 Å². The highest BCUT2D eigenvalue weighted by molar-refractivity contribution is 6.08. The number of carbonyl (C=O) groups is 3. The first-order valence-corrected chi connectivity index (χ1v) is 9.74. The summed E-state index contributed by atoms with van der Waals surface area (Å²) in [5.41, 5.74) is 2.86. The normalized spacial score (nSPS) is 18.5. The largest absolute Gasteiger partial charge is 0.494 e. The molecule has 1 aliphatic heterocycles. The van der Waals surface area contributed by atoms with Gasteiger partial charge in [0.05, 0.1) is 6.61 Å². The fraction of sp³-hybridized carbons (Fsp3) is 0.318. The van der Waals surface area contributed by atoms with E-state index in [4.69, 9.17) is 4.74 Å². The quantitative estimate of drug-likeness (QED) is 0.673. The molecule has 0 bridgehead atoms. The van der Waals surface area contributed by atoms with Crippen LogP contribution in [-0.2, 0) is 21.5 Å². The number of imide groups is 1. The zero-order chi connectivity index (χ0) is 20.9. The number of amides is 4. The van der Waals surface area contributed by atoms with Crippen LogP contribution in [0.4, 0.5) is 4.79 Å². The lowest BCUT2D eigenvalue weighted by Crippen LogP contribution is -2.48. The maximum Gasteiger partial charge on any atom is 0.344 e. The molecule has 0 aliphatic carbocycles. The molecule has 1 fully saturated rings. The number of nitrogens with zero attached hydrogens (tertiary/aromatic N) is 1. The maximum atomic E-state index is 13.0. The molecule has 0 radical (unpaired) electrons. The Morgan fingerprint density at radius 2 is 1.76 bits per heavy atom. The fourth-order valence-corrected chi connectivity index (χ4v) is 3.47. The summed E-state index contributed by atoms with van der Waals surface area (Å²) in [7, 11) is 0. The highest BCUT2D eigenvalue weighted by atomic mass is 16.5. The Kier molecular flexibility index (Phi) is 6.16. The highest BCUT2D eigenvalue weighted by Gasteiger charge is 2.52. The summed E-state index contributed by atoms with van der Waals surface area (Å²) in [4.78, 5) is 37.9. The number of nitrogens with one attached hydrogen (secondary N) is 2. The van der Waals surface area contributed by atoms with Crippen LogP contribution >= 0.6 is 0 Å². The van der Waals surface area contributed by atoms with Crippen molar-refractivity contribution in [2.75, 3.05) is 6.61 Å². The average molecular weight is 395 g/mol. The average Bonchev–Trinajstić information content (AvgIpc) is 2.99. The molecular formula is C22H25N3O4. The third-order valence-corrected chi connectivity index (χ3v) is 5.02. The monoisotopic (exact) mass is 395 g/mol. The zero-order valence-corrected chi connectivity index (χ0v) is 16.6. The number of ether oxygens (including phenoxy) is 1. The molecular weight excluding hydrogens is 370 g/mol. The second-order valence-electron chi connectivity index (χ2n) is 6.77. The lowest BCUT2D eigenvalue weighted by Gasteiger charge is -2.25. The van der Waals surface area contributed by atoms with Crippen LogP contribution in [-0.4, -0.2) is 29.5 Å². The van der Waals surface area contributed by atoms with Gasteiger partial charge in [0.2, 0.25) is 5.91 Å². The standard InChI is InChI=1S/C22H25N3O4/c1-3-22(17-11-6-5-7-12-17)20(27)25(21(28)23-22)24-19(26)15-14-16-10-8-9-13-18(16)29-4-2/h5-13H,3-4,14-15H2,1-2H3,(H,23,28)(H,24,26)/t22-/m0/s1. The minimum Gasteiger partial charge on any atom is -0.494 e. The van der Waals surface area contributed by atoms with E-state index in [9.17, 15) is 14.4 Å². The predicted octanol–water partition coefficient (Wildman–Crippen LogP) is 2.91. The van der Waals surface area contributed by atoms with Gasteiger partial charge in [0.15, 0.2) is 0 Å². The van der Waals surface area contributed by atoms with Crippen molar-refractivity contribution in [2.24, 2.45) is 0 Å². The summed E-state index contributed by atoms with van der Waals surface area (Å²) >= 11 is 0. The van der Waals surface area contributed by atoms with Gasteiger partial charge in [0.1, 0.15) is 11.3 Å². The molecule has 1 heterocycles. The van der Waals surface area contributed by atoms with Gasteiger partial charge in [-0.25, -0.2) is 4.79 Å². The fourth-order valence-electron chi connectivity index (χ4n) is 3.47. The Hall–Kier alpha value is -3.35. The molecule has 1 atom stereocenters. The summed E-state index contributed by atoms with van der Waals surface area (Å²) in [5, 5.41) is 3.53. The second-order valence-corrected chi connectivity index (χ2v) is 6.77. The Balaban J connectivity index is 1.68. The number of hydrazine groups is 1. The third kappa shape index (κ3) is 4.08. The number of aryl methyl sites for hydroxylation is 1. The van der Waals surface area contributed by atoms with Gasteiger partial charge in [0.25, 0.3) is 5.91 Å². The first kappa shape index (κ1) is 20.4. The molecule has 4 amide bonds. The van der Waals surface area contributed by atoms with Gasteiger partial charge < -0.3 is 10.1 Å². The van der Waals surface area contributed by atoms with E-state index in [0.29, 0.717) is 25.0 Å². The lowest BCUT2D eigenvalue weighted by molar-refractivity contribution is -0.139. The number of hydrogen-bond acceptors (Lipinski definition) is 4. The second kappa shape index (κ2) is 8.77. The molecule has 1 aliphatic rings. The van der Waals surface area contributed by atoms with Crippen molar-refractivity contribution in [2.45, 2.75) is 38.6 Å². The predicted molar refractivity (Wildman–Crippen MR) is 108 cm³/mol. The summed E-state index contributed by atoms with van der Waals surface area (Å²) < 4.78 is 5.57. The molecule has 152 valence electrons. The molecule has 7 nitrogen and oxygen atoms in total. The first-order valence-electron chi connectivity index (χ1n) is 9.74. The lowest BCUT2D eigenvalue weighted by atomic mass is 9.87. The molecule has 2 aromatic rings. The Labute approximate surface area is 170 Å². The summed E-state index contributed by atoms with van der Waals surface area (Å²) in [6.07, 6.45) is 0.921. The molecule has 7 heteroatoms. The van der Waals surface area contributed by atoms with Crippen molar-refractivity contribution in [3.8, 4) is 5.75 Å². The van der Waals surface area contributed by atoms with Crippen LogP contribution in [0.5, 0.6) is 5.75 Å². The SMILES string of the molecule is CCOc1ccccc1CCC(=O)NN1C(=O)N[C@@](CC)(c2ccccc2)C1=O. The van der Waals surface area contributed by atoms with Crippen molar-refractivity contribution in [3.63, 3.8) is 0 Å². The molecule has 0 spiro atoms. The van der Waals surface area contributed by atoms with Crippen LogP contribution in [0.1, 0.15) is 37.8 Å². The minimum atomic E-state index is -1.17. The molecule has 3 rings (SSSR count). The van der Waals surface area contributed by atoms with Crippen LogP contribution in [0.15, 0.2) is 54.6 Å². The van der Waals surface area contributed by atoms with Crippen molar-refractivity contribution in [3.05, 3.63) is 65.7 Å². The number of para-hydroxylation sites is 1. The third-order valence-electron chi connectivity index (χ3n) is 5.02. The zero-order valence-electron chi connectivity index (χ0n) is 16.6. The van der Waals surface area contributed by atoms with Crippen molar-refractivity contribution in [1.82, 2.24) is 15.8 Å². The van der Waals surface area contributed by atoms with Crippen LogP contribution in [0.3, 0.4) is 0 Å². The van der Waals surface area contributed by atoms with Gasteiger partial charge in [0, 0.05) is 6.42 Å². The van der Waals surface area contributed by atoms with Crippen LogP contribution in [0.2, 0.25) is 0 Å². The first-order chi connectivity index (χ1) is 14.0. The van der Waals surface area contributed by atoms with E-state index in [0.717, 1.165) is 16.3 Å². The summed E-state index contributed by atoms with van der Waals surface area (Å²) in [6.45, 7) is 4.25. The number of benzene rings is 2. The van der Waals surface area contributed by atoms with E-state index in [1.807, 2.05) is 56.3 Å². The number of carbonyl (C=O) groups excluding carboxylic acids is 3. The van der Waals surface area contributed by atoms with E-state index in [1.165, 1.54) is 0 Å².